The predicted molar refractivity (Wildman–Crippen MR) is 40.4 cm³/mol. The van der Waals surface area contributed by atoms with Gasteiger partial charge >= 0.3 is 0 Å². The lowest BCUT2D eigenvalue weighted by Crippen LogP contribution is -2.25. The van der Waals surface area contributed by atoms with Gasteiger partial charge in [-0.3, -0.25) is 9.89 Å². The molecule has 0 bridgehead atoms. The normalized spacial score (nSPS) is 15.1. The summed E-state index contributed by atoms with van der Waals surface area (Å²) in [6.45, 7) is 2.08. The van der Waals surface area contributed by atoms with Crippen molar-refractivity contribution in [2.45, 2.75) is 19.5 Å². The van der Waals surface area contributed by atoms with Crippen molar-refractivity contribution in [2.75, 3.05) is 14.1 Å². The van der Waals surface area contributed by atoms with Crippen molar-refractivity contribution in [1.29, 1.82) is 0 Å². The van der Waals surface area contributed by atoms with Crippen molar-refractivity contribution < 1.29 is 0 Å². The van der Waals surface area contributed by atoms with Gasteiger partial charge in [-0.2, -0.15) is 0 Å². The lowest BCUT2D eigenvalue weighted by Gasteiger charge is -2.17. The molecule has 3 nitrogen and oxygen atoms in total. The minimum atomic E-state index is 0.245. The first-order valence-electron chi connectivity index (χ1n) is 3.12. The van der Waals surface area contributed by atoms with Crippen molar-refractivity contribution in [3.05, 3.63) is 0 Å². The van der Waals surface area contributed by atoms with E-state index in [2.05, 4.69) is 11.9 Å². The van der Waals surface area contributed by atoms with Crippen LogP contribution in [-0.2, 0) is 0 Å². The van der Waals surface area contributed by atoms with E-state index in [1.807, 2.05) is 19.0 Å². The van der Waals surface area contributed by atoms with Crippen molar-refractivity contribution in [3.8, 4) is 0 Å². The molecule has 0 saturated carbocycles. The number of hydrogen-bond donors (Lipinski definition) is 1. The van der Waals surface area contributed by atoms with Gasteiger partial charge in [0.1, 0.15) is 6.17 Å². The molecular weight excluding hydrogens is 114 g/mol. The zero-order valence-electron chi connectivity index (χ0n) is 6.33. The van der Waals surface area contributed by atoms with Gasteiger partial charge in [0.25, 0.3) is 0 Å². The van der Waals surface area contributed by atoms with E-state index in [4.69, 9.17) is 5.73 Å². The predicted octanol–water partition coefficient (Wildman–Crippen LogP) is 0.271. The van der Waals surface area contributed by atoms with Gasteiger partial charge < -0.3 is 5.73 Å². The molecule has 1 atom stereocenters. The van der Waals surface area contributed by atoms with Gasteiger partial charge in [0.2, 0.25) is 0 Å². The standard InChI is InChI=1S/C6H15N3/c1-4-6(8-5-7)9(2)3/h5-6H,4H2,1-3H3,(H2,7,8). The SMILES string of the molecule is CCC(N=CN)N(C)C. The molecule has 54 valence electrons. The number of hydrogen-bond acceptors (Lipinski definition) is 2. The maximum Gasteiger partial charge on any atom is 0.103 e. The lowest BCUT2D eigenvalue weighted by molar-refractivity contribution is 0.296. The van der Waals surface area contributed by atoms with Crippen LogP contribution >= 0.6 is 0 Å². The molecule has 0 fully saturated rings. The van der Waals surface area contributed by atoms with Crippen LogP contribution in [0.5, 0.6) is 0 Å². The van der Waals surface area contributed by atoms with Crippen molar-refractivity contribution in [1.82, 2.24) is 4.90 Å². The molecule has 3 heteroatoms. The molecule has 0 aliphatic heterocycles. The first kappa shape index (κ1) is 8.43. The summed E-state index contributed by atoms with van der Waals surface area (Å²) in [6.07, 6.45) is 2.60. The maximum atomic E-state index is 5.12. The molecule has 0 heterocycles. The van der Waals surface area contributed by atoms with E-state index in [0.29, 0.717) is 0 Å². The van der Waals surface area contributed by atoms with E-state index >= 15 is 0 Å². The van der Waals surface area contributed by atoms with Gasteiger partial charge in [-0.05, 0) is 20.5 Å². The Morgan fingerprint density at radius 1 is 1.67 bits per heavy atom. The van der Waals surface area contributed by atoms with Gasteiger partial charge in [0.15, 0.2) is 0 Å². The fraction of sp³-hybridized carbons (Fsp3) is 0.833. The third kappa shape index (κ3) is 3.08. The van der Waals surface area contributed by atoms with Crippen LogP contribution in [0.1, 0.15) is 13.3 Å². The van der Waals surface area contributed by atoms with Crippen LogP contribution in [0.25, 0.3) is 0 Å². The Morgan fingerprint density at radius 2 is 2.22 bits per heavy atom. The van der Waals surface area contributed by atoms with E-state index in [0.717, 1.165) is 6.42 Å². The molecule has 0 rings (SSSR count). The highest BCUT2D eigenvalue weighted by atomic mass is 15.2. The summed E-state index contributed by atoms with van der Waals surface area (Å²) in [4.78, 5) is 6.05. The van der Waals surface area contributed by atoms with Gasteiger partial charge in [-0.25, -0.2) is 0 Å². The average Bonchev–Trinajstić information content (AvgIpc) is 1.82. The summed E-state index contributed by atoms with van der Waals surface area (Å²) < 4.78 is 0. The second-order valence-corrected chi connectivity index (χ2v) is 2.15. The van der Waals surface area contributed by atoms with Crippen LogP contribution < -0.4 is 5.73 Å². The summed E-state index contributed by atoms with van der Waals surface area (Å²) in [6, 6.07) is 0. The highest BCUT2D eigenvalue weighted by molar-refractivity contribution is 5.51. The van der Waals surface area contributed by atoms with E-state index < -0.39 is 0 Å². The summed E-state index contributed by atoms with van der Waals surface area (Å²) in [5, 5.41) is 0. The molecule has 0 aromatic carbocycles. The Kier molecular flexibility index (Phi) is 4.05. The Labute approximate surface area is 56.6 Å². The van der Waals surface area contributed by atoms with Crippen LogP contribution in [0.2, 0.25) is 0 Å². The van der Waals surface area contributed by atoms with Crippen molar-refractivity contribution >= 4 is 6.34 Å². The van der Waals surface area contributed by atoms with Gasteiger partial charge in [0, 0.05) is 0 Å². The van der Waals surface area contributed by atoms with Gasteiger partial charge in [0.05, 0.1) is 6.34 Å². The first-order chi connectivity index (χ1) is 4.22. The molecule has 1 unspecified atom stereocenters. The summed E-state index contributed by atoms with van der Waals surface area (Å²) >= 11 is 0. The zero-order valence-corrected chi connectivity index (χ0v) is 6.33. The van der Waals surface area contributed by atoms with Crippen molar-refractivity contribution in [3.63, 3.8) is 0 Å². The van der Waals surface area contributed by atoms with E-state index in [1.54, 1.807) is 0 Å². The van der Waals surface area contributed by atoms with Crippen LogP contribution in [0.3, 0.4) is 0 Å². The van der Waals surface area contributed by atoms with Crippen LogP contribution in [-0.4, -0.2) is 31.5 Å². The van der Waals surface area contributed by atoms with Crippen molar-refractivity contribution in [2.24, 2.45) is 10.7 Å². The van der Waals surface area contributed by atoms with Crippen LogP contribution in [0.15, 0.2) is 4.99 Å². The second kappa shape index (κ2) is 4.32. The zero-order chi connectivity index (χ0) is 7.28. The third-order valence-electron chi connectivity index (χ3n) is 1.22. The summed E-state index contributed by atoms with van der Waals surface area (Å²) in [5.74, 6) is 0. The molecule has 9 heavy (non-hydrogen) atoms. The summed E-state index contributed by atoms with van der Waals surface area (Å²) in [7, 11) is 3.97. The topological polar surface area (TPSA) is 41.6 Å². The molecule has 0 aromatic heterocycles. The Bertz CT molecular complexity index is 88.3. The second-order valence-electron chi connectivity index (χ2n) is 2.15. The number of nitrogens with zero attached hydrogens (tertiary/aromatic N) is 2. The first-order valence-corrected chi connectivity index (χ1v) is 3.12. The van der Waals surface area contributed by atoms with Gasteiger partial charge in [-0.1, -0.05) is 6.92 Å². The lowest BCUT2D eigenvalue weighted by atomic mass is 10.4. The maximum absolute atomic E-state index is 5.12. The van der Waals surface area contributed by atoms with Crippen LogP contribution in [0, 0.1) is 0 Å². The molecule has 0 radical (unpaired) electrons. The fourth-order valence-electron chi connectivity index (χ4n) is 0.703. The molecule has 0 saturated heterocycles. The monoisotopic (exact) mass is 129 g/mol. The number of nitrogens with two attached hydrogens (primary N) is 1. The molecule has 0 aliphatic carbocycles. The molecule has 0 aliphatic rings. The fourth-order valence-corrected chi connectivity index (χ4v) is 0.703. The van der Waals surface area contributed by atoms with E-state index in [1.165, 1.54) is 6.34 Å². The minimum Gasteiger partial charge on any atom is -0.390 e. The quantitative estimate of drug-likeness (QED) is 0.439. The number of rotatable bonds is 3. The molecule has 2 N–H and O–H groups in total. The highest BCUT2D eigenvalue weighted by Gasteiger charge is 2.02. The molecule has 0 aromatic rings. The molecule has 0 spiro atoms. The smallest absolute Gasteiger partial charge is 0.103 e. The Balaban J connectivity index is 3.68. The minimum absolute atomic E-state index is 0.245. The molecule has 0 amide bonds. The highest BCUT2D eigenvalue weighted by Crippen LogP contribution is 1.97. The van der Waals surface area contributed by atoms with E-state index in [9.17, 15) is 0 Å². The Hall–Kier alpha value is -0.570. The van der Waals surface area contributed by atoms with Crippen LogP contribution in [0.4, 0.5) is 0 Å². The van der Waals surface area contributed by atoms with E-state index in [-0.39, 0.29) is 6.17 Å². The average molecular weight is 129 g/mol. The number of aliphatic imine (C=N–C) groups is 1. The van der Waals surface area contributed by atoms with Gasteiger partial charge in [-0.15, -0.1) is 0 Å². The molecular formula is C6H15N3. The largest absolute Gasteiger partial charge is 0.390 e. The third-order valence-corrected chi connectivity index (χ3v) is 1.22. The summed E-state index contributed by atoms with van der Waals surface area (Å²) in [5.41, 5.74) is 5.12. The Morgan fingerprint density at radius 3 is 2.33 bits per heavy atom.